The zero-order chi connectivity index (χ0) is 10.7. The Labute approximate surface area is 94.1 Å². The maximum Gasteiger partial charge on any atom is 0.0954 e. The quantitative estimate of drug-likeness (QED) is 0.852. The second-order valence-corrected chi connectivity index (χ2v) is 5.07. The summed E-state index contributed by atoms with van der Waals surface area (Å²) in [4.78, 5) is 4.49. The summed E-state index contributed by atoms with van der Waals surface area (Å²) in [5, 5.41) is 12.4. The lowest BCUT2D eigenvalue weighted by atomic mass is 10.2. The molecule has 2 atom stereocenters. The number of hydrogen-bond donors (Lipinski definition) is 1. The van der Waals surface area contributed by atoms with Gasteiger partial charge in [0, 0.05) is 24.8 Å². The topological polar surface area (TPSA) is 42.4 Å². The Morgan fingerprint density at radius 1 is 1.73 bits per heavy atom. The van der Waals surface area contributed by atoms with E-state index >= 15 is 0 Å². The largest absolute Gasteiger partial charge is 0.393 e. The van der Waals surface area contributed by atoms with Gasteiger partial charge >= 0.3 is 0 Å². The smallest absolute Gasteiger partial charge is 0.0954 e. The van der Waals surface area contributed by atoms with Crippen molar-refractivity contribution in [3.8, 4) is 0 Å². The van der Waals surface area contributed by atoms with E-state index in [1.54, 1.807) is 18.3 Å². The average molecular weight is 227 g/mol. The second-order valence-electron chi connectivity index (χ2n) is 4.12. The van der Waals surface area contributed by atoms with E-state index in [-0.39, 0.29) is 6.10 Å². The van der Waals surface area contributed by atoms with E-state index in [1.807, 2.05) is 5.38 Å². The Kier molecular flexibility index (Phi) is 3.72. The highest BCUT2D eigenvalue weighted by atomic mass is 32.1. The van der Waals surface area contributed by atoms with Crippen LogP contribution in [-0.2, 0) is 17.6 Å². The van der Waals surface area contributed by atoms with Gasteiger partial charge in [0.2, 0.25) is 0 Å². The maximum atomic E-state index is 9.24. The standard InChI is InChI=1S/C11H17NO2S/c1-8(13)5-9-7-15-11(12-9)6-10-3-2-4-14-10/h7-8,10,13H,2-6H2,1H3. The third kappa shape index (κ3) is 3.26. The molecule has 1 fully saturated rings. The van der Waals surface area contributed by atoms with Gasteiger partial charge in [-0.15, -0.1) is 11.3 Å². The number of aliphatic hydroxyl groups is 1. The molecule has 1 N–H and O–H groups in total. The summed E-state index contributed by atoms with van der Waals surface area (Å²) in [5.74, 6) is 0. The van der Waals surface area contributed by atoms with E-state index in [1.165, 1.54) is 6.42 Å². The first-order valence-corrected chi connectivity index (χ1v) is 6.35. The van der Waals surface area contributed by atoms with Crippen LogP contribution in [0.25, 0.3) is 0 Å². The Balaban J connectivity index is 1.88. The van der Waals surface area contributed by atoms with Crippen LogP contribution in [0.3, 0.4) is 0 Å². The highest BCUT2D eigenvalue weighted by Gasteiger charge is 2.17. The van der Waals surface area contributed by atoms with Crippen molar-refractivity contribution in [1.82, 2.24) is 4.98 Å². The number of nitrogens with zero attached hydrogens (tertiary/aromatic N) is 1. The first-order chi connectivity index (χ1) is 7.24. The fourth-order valence-electron chi connectivity index (χ4n) is 1.84. The molecule has 0 saturated carbocycles. The van der Waals surface area contributed by atoms with Crippen molar-refractivity contribution in [3.05, 3.63) is 16.1 Å². The average Bonchev–Trinajstić information content (AvgIpc) is 2.77. The summed E-state index contributed by atoms with van der Waals surface area (Å²) in [7, 11) is 0. The van der Waals surface area contributed by atoms with Gasteiger partial charge in [-0.25, -0.2) is 4.98 Å². The van der Waals surface area contributed by atoms with Crippen LogP contribution in [0.15, 0.2) is 5.38 Å². The van der Waals surface area contributed by atoms with Gasteiger partial charge in [-0.1, -0.05) is 0 Å². The Bertz CT molecular complexity index is 305. The third-order valence-corrected chi connectivity index (χ3v) is 3.45. The van der Waals surface area contributed by atoms with Crippen molar-refractivity contribution in [1.29, 1.82) is 0 Å². The van der Waals surface area contributed by atoms with Crippen molar-refractivity contribution in [3.63, 3.8) is 0 Å². The highest BCUT2D eigenvalue weighted by Crippen LogP contribution is 2.20. The molecule has 1 saturated heterocycles. The van der Waals surface area contributed by atoms with E-state index in [0.717, 1.165) is 30.2 Å². The van der Waals surface area contributed by atoms with Crippen LogP contribution in [0, 0.1) is 0 Å². The minimum atomic E-state index is -0.303. The Morgan fingerprint density at radius 3 is 3.27 bits per heavy atom. The number of hydrogen-bond acceptors (Lipinski definition) is 4. The molecular formula is C11H17NO2S. The van der Waals surface area contributed by atoms with Crippen molar-refractivity contribution in [2.45, 2.75) is 44.8 Å². The van der Waals surface area contributed by atoms with E-state index in [2.05, 4.69) is 4.98 Å². The molecule has 1 aromatic heterocycles. The predicted octanol–water partition coefficient (Wildman–Crippen LogP) is 1.79. The number of aromatic nitrogens is 1. The minimum absolute atomic E-state index is 0.303. The second kappa shape index (κ2) is 5.05. The van der Waals surface area contributed by atoms with Gasteiger partial charge < -0.3 is 9.84 Å². The van der Waals surface area contributed by atoms with Gasteiger partial charge in [0.15, 0.2) is 0 Å². The summed E-state index contributed by atoms with van der Waals surface area (Å²) in [6.07, 6.45) is 3.99. The fourth-order valence-corrected chi connectivity index (χ4v) is 2.71. The molecule has 1 aliphatic rings. The monoisotopic (exact) mass is 227 g/mol. The number of thiazole rings is 1. The van der Waals surface area contributed by atoms with Gasteiger partial charge in [0.05, 0.1) is 22.9 Å². The SMILES string of the molecule is CC(O)Cc1csc(CC2CCCO2)n1. The summed E-state index contributed by atoms with van der Waals surface area (Å²) >= 11 is 1.68. The van der Waals surface area contributed by atoms with Gasteiger partial charge in [-0.05, 0) is 19.8 Å². The molecule has 1 aliphatic heterocycles. The number of aliphatic hydroxyl groups excluding tert-OH is 1. The first-order valence-electron chi connectivity index (χ1n) is 5.47. The van der Waals surface area contributed by atoms with Crippen LogP contribution in [-0.4, -0.2) is 28.9 Å². The van der Waals surface area contributed by atoms with Crippen molar-refractivity contribution < 1.29 is 9.84 Å². The van der Waals surface area contributed by atoms with Crippen molar-refractivity contribution >= 4 is 11.3 Å². The molecule has 0 spiro atoms. The molecule has 0 bridgehead atoms. The molecule has 0 amide bonds. The molecule has 2 heterocycles. The van der Waals surface area contributed by atoms with Gasteiger partial charge in [0.25, 0.3) is 0 Å². The third-order valence-electron chi connectivity index (χ3n) is 2.53. The molecule has 3 nitrogen and oxygen atoms in total. The fraction of sp³-hybridized carbons (Fsp3) is 0.727. The van der Waals surface area contributed by atoms with E-state index in [9.17, 15) is 5.11 Å². The molecule has 0 aliphatic carbocycles. The van der Waals surface area contributed by atoms with Crippen LogP contribution in [0.1, 0.15) is 30.5 Å². The van der Waals surface area contributed by atoms with Gasteiger partial charge in [-0.2, -0.15) is 0 Å². The molecule has 0 radical (unpaired) electrons. The lowest BCUT2D eigenvalue weighted by molar-refractivity contribution is 0.111. The molecule has 84 valence electrons. The molecule has 15 heavy (non-hydrogen) atoms. The summed E-state index contributed by atoms with van der Waals surface area (Å²) in [6, 6.07) is 0. The maximum absolute atomic E-state index is 9.24. The van der Waals surface area contributed by atoms with Crippen molar-refractivity contribution in [2.24, 2.45) is 0 Å². The van der Waals surface area contributed by atoms with Crippen LogP contribution in [0.4, 0.5) is 0 Å². The predicted molar refractivity (Wildman–Crippen MR) is 60.2 cm³/mol. The van der Waals surface area contributed by atoms with E-state index < -0.39 is 0 Å². The lowest BCUT2D eigenvalue weighted by Gasteiger charge is -2.05. The van der Waals surface area contributed by atoms with E-state index in [4.69, 9.17) is 4.74 Å². The van der Waals surface area contributed by atoms with Gasteiger partial charge in [0.1, 0.15) is 0 Å². The number of rotatable bonds is 4. The molecular weight excluding hydrogens is 210 g/mol. The molecule has 2 rings (SSSR count). The zero-order valence-corrected chi connectivity index (χ0v) is 9.80. The van der Waals surface area contributed by atoms with Crippen molar-refractivity contribution in [2.75, 3.05) is 6.61 Å². The Morgan fingerprint density at radius 2 is 2.60 bits per heavy atom. The van der Waals surface area contributed by atoms with E-state index in [0.29, 0.717) is 12.5 Å². The van der Waals surface area contributed by atoms with Crippen LogP contribution in [0.2, 0.25) is 0 Å². The molecule has 4 heteroatoms. The lowest BCUT2D eigenvalue weighted by Crippen LogP contribution is -2.09. The summed E-state index contributed by atoms with van der Waals surface area (Å²) in [5.41, 5.74) is 1.00. The van der Waals surface area contributed by atoms with Crippen LogP contribution < -0.4 is 0 Å². The first kappa shape index (κ1) is 11.0. The Hall–Kier alpha value is -0.450. The summed E-state index contributed by atoms with van der Waals surface area (Å²) in [6.45, 7) is 2.69. The summed E-state index contributed by atoms with van der Waals surface area (Å²) < 4.78 is 5.56. The van der Waals surface area contributed by atoms with Crippen LogP contribution >= 0.6 is 11.3 Å². The molecule has 1 aromatic rings. The zero-order valence-electron chi connectivity index (χ0n) is 8.98. The minimum Gasteiger partial charge on any atom is -0.393 e. The van der Waals surface area contributed by atoms with Gasteiger partial charge in [-0.3, -0.25) is 0 Å². The molecule has 2 unspecified atom stereocenters. The number of ether oxygens (including phenoxy) is 1. The molecule has 0 aromatic carbocycles. The normalized spacial score (nSPS) is 23.2. The highest BCUT2D eigenvalue weighted by molar-refractivity contribution is 7.09. The van der Waals surface area contributed by atoms with Crippen LogP contribution in [0.5, 0.6) is 0 Å².